The summed E-state index contributed by atoms with van der Waals surface area (Å²) in [6.07, 6.45) is 4.18. The lowest BCUT2D eigenvalue weighted by Crippen LogP contribution is -2.45. The number of benzene rings is 5. The number of aromatic hydroxyl groups is 1. The maximum atomic E-state index is 13.3. The van der Waals surface area contributed by atoms with Crippen molar-refractivity contribution in [3.8, 4) is 5.75 Å². The molecule has 47 heavy (non-hydrogen) atoms. The van der Waals surface area contributed by atoms with E-state index in [9.17, 15) is 14.7 Å². The van der Waals surface area contributed by atoms with Gasteiger partial charge in [0.25, 0.3) is 5.91 Å². The Balaban J connectivity index is 1.12. The number of likely N-dealkylation sites (tertiary alicyclic amines) is 1. The molecule has 0 spiro atoms. The summed E-state index contributed by atoms with van der Waals surface area (Å²) in [5.41, 5.74) is 3.45. The Morgan fingerprint density at radius 1 is 0.723 bits per heavy atom. The third kappa shape index (κ3) is 7.55. The number of amides is 2. The number of hydrogen-bond acceptors (Lipinski definition) is 4. The predicted molar refractivity (Wildman–Crippen MR) is 189 cm³/mol. The number of nitrogens with zero attached hydrogens (tertiary/aromatic N) is 1. The summed E-state index contributed by atoms with van der Waals surface area (Å²) in [6, 6.07) is 42.4. The molecule has 1 aliphatic heterocycles. The maximum absolute atomic E-state index is 13.3. The van der Waals surface area contributed by atoms with Crippen LogP contribution in [0.25, 0.3) is 10.8 Å². The topological polar surface area (TPSA) is 81.7 Å². The Morgan fingerprint density at radius 3 is 1.98 bits per heavy atom. The summed E-state index contributed by atoms with van der Waals surface area (Å²) in [5.74, 6) is -0.228. The van der Waals surface area contributed by atoms with E-state index in [0.717, 1.165) is 49.0 Å². The molecule has 6 rings (SSSR count). The van der Waals surface area contributed by atoms with Crippen LogP contribution in [0.5, 0.6) is 5.75 Å². The van der Waals surface area contributed by atoms with E-state index in [-0.39, 0.29) is 23.8 Å². The van der Waals surface area contributed by atoms with Gasteiger partial charge in [0.05, 0.1) is 12.1 Å². The van der Waals surface area contributed by atoms with Crippen molar-refractivity contribution < 1.29 is 14.7 Å². The monoisotopic (exact) mass is 625 g/mol. The van der Waals surface area contributed by atoms with Gasteiger partial charge in [-0.2, -0.15) is 0 Å². The Kier molecular flexibility index (Phi) is 10.3. The highest BCUT2D eigenvalue weighted by atomic mass is 16.3. The van der Waals surface area contributed by atoms with Crippen LogP contribution in [-0.4, -0.2) is 54.5 Å². The van der Waals surface area contributed by atoms with Crippen molar-refractivity contribution in [1.82, 2.24) is 15.5 Å². The van der Waals surface area contributed by atoms with E-state index in [0.29, 0.717) is 17.8 Å². The van der Waals surface area contributed by atoms with Crippen LogP contribution in [0.1, 0.15) is 58.6 Å². The van der Waals surface area contributed by atoms with Crippen LogP contribution in [0.2, 0.25) is 0 Å². The van der Waals surface area contributed by atoms with Crippen molar-refractivity contribution in [2.24, 2.45) is 0 Å². The lowest BCUT2D eigenvalue weighted by Gasteiger charge is -2.37. The van der Waals surface area contributed by atoms with E-state index in [1.54, 1.807) is 18.2 Å². The van der Waals surface area contributed by atoms with Gasteiger partial charge in [-0.1, -0.05) is 121 Å². The Labute approximate surface area is 277 Å². The zero-order valence-electron chi connectivity index (χ0n) is 26.8. The summed E-state index contributed by atoms with van der Waals surface area (Å²) < 4.78 is 0. The Bertz CT molecular complexity index is 1730. The molecule has 3 N–H and O–H groups in total. The van der Waals surface area contributed by atoms with E-state index in [1.165, 1.54) is 18.4 Å². The molecule has 0 unspecified atom stereocenters. The number of phenolic OH excluding ortho intramolecular Hbond substituents is 1. The summed E-state index contributed by atoms with van der Waals surface area (Å²) in [4.78, 5) is 28.8. The average molecular weight is 626 g/mol. The van der Waals surface area contributed by atoms with Crippen molar-refractivity contribution in [2.75, 3.05) is 32.7 Å². The fourth-order valence-electron chi connectivity index (χ4n) is 7.09. The number of rotatable bonds is 12. The molecule has 1 aliphatic rings. The number of carbonyl (C=O) groups excluding carboxylic acids is 2. The molecule has 0 aliphatic carbocycles. The molecular formula is C41H43N3O3. The SMILES string of the molecule is O=C(CNC(=O)c1ccc2ccccc2c1O)NCC(CCCN1CCC(c2ccccc2)CC1)(c1ccccc1)c1ccccc1. The summed E-state index contributed by atoms with van der Waals surface area (Å²) in [6.45, 7) is 3.38. The van der Waals surface area contributed by atoms with Gasteiger partial charge >= 0.3 is 0 Å². The Hall–Kier alpha value is -4.94. The van der Waals surface area contributed by atoms with E-state index in [4.69, 9.17) is 0 Å². The zero-order valence-corrected chi connectivity index (χ0v) is 26.8. The highest BCUT2D eigenvalue weighted by Crippen LogP contribution is 2.37. The first-order valence-corrected chi connectivity index (χ1v) is 16.7. The molecule has 0 atom stereocenters. The number of piperidine rings is 1. The predicted octanol–water partition coefficient (Wildman–Crippen LogP) is 7.04. The number of fused-ring (bicyclic) bond motifs is 1. The minimum atomic E-state index is -0.489. The molecular weight excluding hydrogens is 582 g/mol. The van der Waals surface area contributed by atoms with Crippen LogP contribution in [0, 0.1) is 0 Å². The molecule has 5 aromatic rings. The molecule has 6 heteroatoms. The number of hydrogen-bond donors (Lipinski definition) is 3. The second-order valence-electron chi connectivity index (χ2n) is 12.6. The van der Waals surface area contributed by atoms with Crippen molar-refractivity contribution >= 4 is 22.6 Å². The number of carbonyl (C=O) groups is 2. The smallest absolute Gasteiger partial charge is 0.255 e. The van der Waals surface area contributed by atoms with Crippen molar-refractivity contribution in [3.05, 3.63) is 150 Å². The van der Waals surface area contributed by atoms with Gasteiger partial charge in [-0.15, -0.1) is 0 Å². The van der Waals surface area contributed by atoms with Gasteiger partial charge in [0.15, 0.2) is 0 Å². The van der Waals surface area contributed by atoms with Crippen LogP contribution in [-0.2, 0) is 10.2 Å². The van der Waals surface area contributed by atoms with Gasteiger partial charge < -0.3 is 20.6 Å². The quantitative estimate of drug-likeness (QED) is 0.139. The van der Waals surface area contributed by atoms with Gasteiger partial charge in [-0.25, -0.2) is 0 Å². The lowest BCUT2D eigenvalue weighted by molar-refractivity contribution is -0.120. The molecule has 1 heterocycles. The maximum Gasteiger partial charge on any atom is 0.255 e. The number of nitrogens with one attached hydrogen (secondary N) is 2. The molecule has 5 aromatic carbocycles. The first kappa shape index (κ1) is 32.0. The summed E-state index contributed by atoms with van der Waals surface area (Å²) in [7, 11) is 0. The van der Waals surface area contributed by atoms with Crippen LogP contribution in [0.3, 0.4) is 0 Å². The fraction of sp³-hybridized carbons (Fsp3) is 0.268. The van der Waals surface area contributed by atoms with Crippen LogP contribution >= 0.6 is 0 Å². The van der Waals surface area contributed by atoms with E-state index in [2.05, 4.69) is 94.4 Å². The van der Waals surface area contributed by atoms with Crippen LogP contribution < -0.4 is 10.6 Å². The summed E-state index contributed by atoms with van der Waals surface area (Å²) >= 11 is 0. The molecule has 0 radical (unpaired) electrons. The van der Waals surface area contributed by atoms with Crippen molar-refractivity contribution in [2.45, 2.75) is 37.0 Å². The molecule has 0 bridgehead atoms. The second kappa shape index (κ2) is 15.1. The van der Waals surface area contributed by atoms with Crippen LogP contribution in [0.15, 0.2) is 127 Å². The highest BCUT2D eigenvalue weighted by Gasteiger charge is 2.35. The highest BCUT2D eigenvalue weighted by molar-refractivity contribution is 6.04. The first-order valence-electron chi connectivity index (χ1n) is 16.7. The van der Waals surface area contributed by atoms with E-state index in [1.807, 2.05) is 30.3 Å². The molecule has 6 nitrogen and oxygen atoms in total. The molecule has 0 aromatic heterocycles. The molecule has 0 saturated carbocycles. The van der Waals surface area contributed by atoms with E-state index < -0.39 is 11.3 Å². The standard InChI is InChI=1S/C41H43N3O3/c45-38(29-42-40(47)37-22-21-33-15-10-11-20-36(33)39(37)46)43-30-41(34-16-6-2-7-17-34,35-18-8-3-9-19-35)25-12-26-44-27-23-32(24-28-44)31-13-4-1-5-14-31/h1-11,13-22,32,46H,12,23-30H2,(H,42,47)(H,43,45). The summed E-state index contributed by atoms with van der Waals surface area (Å²) in [5, 5.41) is 18.0. The van der Waals surface area contributed by atoms with Gasteiger partial charge in [0, 0.05) is 17.3 Å². The number of phenols is 1. The van der Waals surface area contributed by atoms with Crippen LogP contribution in [0.4, 0.5) is 0 Å². The second-order valence-corrected chi connectivity index (χ2v) is 12.6. The minimum absolute atomic E-state index is 0.0857. The molecule has 1 fully saturated rings. The third-order valence-corrected chi connectivity index (χ3v) is 9.73. The molecule has 1 saturated heterocycles. The molecule has 2 amide bonds. The third-order valence-electron chi connectivity index (χ3n) is 9.73. The lowest BCUT2D eigenvalue weighted by atomic mass is 9.71. The minimum Gasteiger partial charge on any atom is -0.506 e. The van der Waals surface area contributed by atoms with Gasteiger partial charge in [-0.3, -0.25) is 9.59 Å². The zero-order chi connectivity index (χ0) is 32.5. The van der Waals surface area contributed by atoms with Gasteiger partial charge in [0.1, 0.15) is 5.75 Å². The average Bonchev–Trinajstić information content (AvgIpc) is 3.13. The van der Waals surface area contributed by atoms with Gasteiger partial charge in [-0.05, 0) is 79.4 Å². The molecule has 240 valence electrons. The normalized spacial score (nSPS) is 14.1. The fourth-order valence-corrected chi connectivity index (χ4v) is 7.09. The first-order chi connectivity index (χ1) is 23.0. The largest absolute Gasteiger partial charge is 0.506 e. The van der Waals surface area contributed by atoms with Crippen molar-refractivity contribution in [3.63, 3.8) is 0 Å². The van der Waals surface area contributed by atoms with Crippen molar-refractivity contribution in [1.29, 1.82) is 0 Å². The van der Waals surface area contributed by atoms with Gasteiger partial charge in [0.2, 0.25) is 5.91 Å². The Morgan fingerprint density at radius 2 is 1.32 bits per heavy atom. The van der Waals surface area contributed by atoms with E-state index >= 15 is 0 Å².